The van der Waals surface area contributed by atoms with Gasteiger partial charge in [0.25, 0.3) is 5.56 Å². The molecule has 0 unspecified atom stereocenters. The highest BCUT2D eigenvalue weighted by Crippen LogP contribution is 2.33. The summed E-state index contributed by atoms with van der Waals surface area (Å²) in [6.45, 7) is 1.69. The van der Waals surface area contributed by atoms with E-state index in [9.17, 15) is 4.79 Å². The molecule has 2 fully saturated rings. The Kier molecular flexibility index (Phi) is 3.92. The zero-order chi connectivity index (χ0) is 16.5. The number of hydrogen-bond acceptors (Lipinski definition) is 6. The van der Waals surface area contributed by atoms with Crippen molar-refractivity contribution >= 4 is 11.6 Å². The minimum absolute atomic E-state index is 0.0580. The molecule has 0 bridgehead atoms. The third-order valence-electron chi connectivity index (χ3n) is 5.03. The molecule has 0 amide bonds. The standard InChI is InChI=1S/C17H22N6O/c1-21(15-4-7-18-12-20-15)13-5-9-22(10-6-13)16-17(24)23(11-8-19-16)14-2-3-14/h4,7-8,11-14H,2-3,5-6,9-10H2,1H3. The first-order valence-corrected chi connectivity index (χ1v) is 8.55. The summed E-state index contributed by atoms with van der Waals surface area (Å²) in [4.78, 5) is 29.6. The van der Waals surface area contributed by atoms with Crippen molar-refractivity contribution in [2.45, 2.75) is 37.8 Å². The van der Waals surface area contributed by atoms with E-state index in [1.54, 1.807) is 18.7 Å². The molecule has 7 nitrogen and oxygen atoms in total. The number of anilines is 2. The van der Waals surface area contributed by atoms with E-state index in [-0.39, 0.29) is 5.56 Å². The summed E-state index contributed by atoms with van der Waals surface area (Å²) in [5.74, 6) is 1.55. The Balaban J connectivity index is 1.45. The molecule has 2 aromatic heterocycles. The lowest BCUT2D eigenvalue weighted by Crippen LogP contribution is -2.46. The Hall–Kier alpha value is -2.44. The molecule has 1 aliphatic carbocycles. The van der Waals surface area contributed by atoms with Crippen molar-refractivity contribution in [2.75, 3.05) is 29.9 Å². The zero-order valence-corrected chi connectivity index (χ0v) is 13.9. The molecular formula is C17H22N6O. The van der Waals surface area contributed by atoms with Gasteiger partial charge in [-0.3, -0.25) is 4.79 Å². The van der Waals surface area contributed by atoms with E-state index in [0.717, 1.165) is 44.6 Å². The van der Waals surface area contributed by atoms with Crippen LogP contribution < -0.4 is 15.4 Å². The summed E-state index contributed by atoms with van der Waals surface area (Å²) >= 11 is 0. The Bertz CT molecular complexity index is 749. The van der Waals surface area contributed by atoms with Gasteiger partial charge in [-0.25, -0.2) is 15.0 Å². The van der Waals surface area contributed by atoms with Crippen LogP contribution in [-0.4, -0.2) is 45.7 Å². The van der Waals surface area contributed by atoms with E-state index in [2.05, 4.69) is 31.8 Å². The molecule has 2 aliphatic rings. The highest BCUT2D eigenvalue weighted by atomic mass is 16.1. The number of piperidine rings is 1. The number of nitrogens with zero attached hydrogens (tertiary/aromatic N) is 6. The third kappa shape index (κ3) is 2.86. The summed E-state index contributed by atoms with van der Waals surface area (Å²) in [5.41, 5.74) is 0.0580. The summed E-state index contributed by atoms with van der Waals surface area (Å²) in [6, 6.07) is 2.74. The van der Waals surface area contributed by atoms with E-state index in [0.29, 0.717) is 17.9 Å². The van der Waals surface area contributed by atoms with E-state index in [1.165, 1.54) is 0 Å². The first-order valence-electron chi connectivity index (χ1n) is 8.55. The monoisotopic (exact) mass is 326 g/mol. The van der Waals surface area contributed by atoms with Crippen LogP contribution in [0.25, 0.3) is 0 Å². The van der Waals surface area contributed by atoms with Gasteiger partial charge in [0.05, 0.1) is 0 Å². The highest BCUT2D eigenvalue weighted by molar-refractivity contribution is 5.40. The lowest BCUT2D eigenvalue weighted by Gasteiger charge is -2.37. The maximum atomic E-state index is 12.6. The molecule has 0 atom stereocenters. The van der Waals surface area contributed by atoms with Gasteiger partial charge in [-0.05, 0) is 31.7 Å². The highest BCUT2D eigenvalue weighted by Gasteiger charge is 2.28. The molecule has 2 aromatic rings. The molecule has 126 valence electrons. The van der Waals surface area contributed by atoms with Gasteiger partial charge in [0.15, 0.2) is 5.82 Å². The van der Waals surface area contributed by atoms with Crippen LogP contribution in [0.1, 0.15) is 31.7 Å². The number of hydrogen-bond donors (Lipinski definition) is 0. The molecule has 3 heterocycles. The average molecular weight is 326 g/mol. The summed E-state index contributed by atoms with van der Waals surface area (Å²) in [5, 5.41) is 0. The van der Waals surface area contributed by atoms with E-state index in [1.807, 2.05) is 16.8 Å². The summed E-state index contributed by atoms with van der Waals surface area (Å²) in [6.07, 6.45) is 11.1. The normalized spacial score (nSPS) is 18.6. The Morgan fingerprint density at radius 1 is 1.12 bits per heavy atom. The summed E-state index contributed by atoms with van der Waals surface area (Å²) < 4.78 is 1.85. The van der Waals surface area contributed by atoms with Gasteiger partial charge in [0.2, 0.25) is 0 Å². The lowest BCUT2D eigenvalue weighted by atomic mass is 10.0. The van der Waals surface area contributed by atoms with Crippen molar-refractivity contribution in [3.8, 4) is 0 Å². The Morgan fingerprint density at radius 3 is 2.58 bits per heavy atom. The maximum Gasteiger partial charge on any atom is 0.293 e. The first-order chi connectivity index (χ1) is 11.7. The Labute approximate surface area is 141 Å². The van der Waals surface area contributed by atoms with Crippen molar-refractivity contribution in [1.82, 2.24) is 19.5 Å². The van der Waals surface area contributed by atoms with Crippen LogP contribution in [0.4, 0.5) is 11.6 Å². The van der Waals surface area contributed by atoms with Gasteiger partial charge < -0.3 is 14.4 Å². The predicted molar refractivity (Wildman–Crippen MR) is 92.4 cm³/mol. The topological polar surface area (TPSA) is 67.2 Å². The second kappa shape index (κ2) is 6.22. The van der Waals surface area contributed by atoms with Gasteiger partial charge in [0, 0.05) is 50.8 Å². The van der Waals surface area contributed by atoms with Crippen LogP contribution in [0.3, 0.4) is 0 Å². The van der Waals surface area contributed by atoms with Crippen LogP contribution in [0.5, 0.6) is 0 Å². The molecule has 4 rings (SSSR count). The van der Waals surface area contributed by atoms with Crippen molar-refractivity contribution in [2.24, 2.45) is 0 Å². The molecular weight excluding hydrogens is 304 g/mol. The molecule has 1 saturated heterocycles. The lowest BCUT2D eigenvalue weighted by molar-refractivity contribution is 0.475. The van der Waals surface area contributed by atoms with Crippen LogP contribution in [0, 0.1) is 0 Å². The van der Waals surface area contributed by atoms with Gasteiger partial charge in [-0.2, -0.15) is 0 Å². The van der Waals surface area contributed by atoms with Crippen LogP contribution in [0.2, 0.25) is 0 Å². The molecule has 1 aliphatic heterocycles. The first kappa shape index (κ1) is 15.1. The number of aromatic nitrogens is 4. The van der Waals surface area contributed by atoms with E-state index < -0.39 is 0 Å². The van der Waals surface area contributed by atoms with E-state index in [4.69, 9.17) is 0 Å². The average Bonchev–Trinajstić information content (AvgIpc) is 3.47. The Morgan fingerprint density at radius 2 is 1.92 bits per heavy atom. The largest absolute Gasteiger partial charge is 0.356 e. The molecule has 1 saturated carbocycles. The summed E-state index contributed by atoms with van der Waals surface area (Å²) in [7, 11) is 2.07. The molecule has 0 radical (unpaired) electrons. The van der Waals surface area contributed by atoms with Crippen molar-refractivity contribution in [1.29, 1.82) is 0 Å². The van der Waals surface area contributed by atoms with Crippen LogP contribution >= 0.6 is 0 Å². The molecule has 7 heteroatoms. The second-order valence-electron chi connectivity index (χ2n) is 6.59. The van der Waals surface area contributed by atoms with Crippen molar-refractivity contribution in [3.05, 3.63) is 41.3 Å². The minimum Gasteiger partial charge on any atom is -0.356 e. The van der Waals surface area contributed by atoms with Crippen LogP contribution in [-0.2, 0) is 0 Å². The van der Waals surface area contributed by atoms with Gasteiger partial charge >= 0.3 is 0 Å². The number of rotatable bonds is 4. The molecule has 24 heavy (non-hydrogen) atoms. The van der Waals surface area contributed by atoms with Crippen LogP contribution in [0.15, 0.2) is 35.8 Å². The molecule has 0 spiro atoms. The zero-order valence-electron chi connectivity index (χ0n) is 13.9. The second-order valence-corrected chi connectivity index (χ2v) is 6.59. The fraction of sp³-hybridized carbons (Fsp3) is 0.529. The predicted octanol–water partition coefficient (Wildman–Crippen LogP) is 1.47. The maximum absolute atomic E-state index is 12.6. The third-order valence-corrected chi connectivity index (χ3v) is 5.03. The fourth-order valence-electron chi connectivity index (χ4n) is 3.42. The minimum atomic E-state index is 0.0580. The van der Waals surface area contributed by atoms with Crippen molar-refractivity contribution in [3.63, 3.8) is 0 Å². The molecule has 0 aromatic carbocycles. The van der Waals surface area contributed by atoms with Gasteiger partial charge in [-0.1, -0.05) is 0 Å². The fourth-order valence-corrected chi connectivity index (χ4v) is 3.42. The smallest absolute Gasteiger partial charge is 0.293 e. The quantitative estimate of drug-likeness (QED) is 0.848. The van der Waals surface area contributed by atoms with Gasteiger partial charge in [-0.15, -0.1) is 0 Å². The van der Waals surface area contributed by atoms with E-state index >= 15 is 0 Å². The van der Waals surface area contributed by atoms with Gasteiger partial charge in [0.1, 0.15) is 12.1 Å². The molecule has 0 N–H and O–H groups in total. The van der Waals surface area contributed by atoms with Crippen molar-refractivity contribution < 1.29 is 0 Å². The SMILES string of the molecule is CN(c1ccncn1)C1CCN(c2nccn(C3CC3)c2=O)CC1.